The van der Waals surface area contributed by atoms with Gasteiger partial charge in [-0.05, 0) is 18.4 Å². The first-order valence-electron chi connectivity index (χ1n) is 12.8. The second kappa shape index (κ2) is 10.2. The second-order valence-corrected chi connectivity index (χ2v) is 9.85. The predicted molar refractivity (Wildman–Crippen MR) is 136 cm³/mol. The quantitative estimate of drug-likeness (QED) is 0.397. The van der Waals surface area contributed by atoms with E-state index in [4.69, 9.17) is 4.74 Å². The SMILES string of the molecule is C=CC(=O)N1CC2CC(NC(=O)CNc3nc(N4CCOCC4)nc4c3ncn4-c3cnn(C(F)F)c3)C2C1. The number of hydrogen-bond donors (Lipinski definition) is 2. The summed E-state index contributed by atoms with van der Waals surface area (Å²) < 4.78 is 33.8. The topological polar surface area (TPSA) is 135 Å². The minimum Gasteiger partial charge on any atom is -0.378 e. The molecule has 0 radical (unpaired) electrons. The van der Waals surface area contributed by atoms with E-state index in [1.165, 1.54) is 24.8 Å². The maximum absolute atomic E-state index is 13.1. The van der Waals surface area contributed by atoms with Crippen LogP contribution in [0.25, 0.3) is 16.9 Å². The van der Waals surface area contributed by atoms with Crippen LogP contribution in [0.2, 0.25) is 0 Å². The lowest BCUT2D eigenvalue weighted by Gasteiger charge is -2.39. The van der Waals surface area contributed by atoms with E-state index in [1.54, 1.807) is 9.47 Å². The van der Waals surface area contributed by atoms with Gasteiger partial charge in [0.05, 0.1) is 37.8 Å². The molecule has 3 aliphatic rings. The van der Waals surface area contributed by atoms with Gasteiger partial charge in [0.2, 0.25) is 17.8 Å². The zero-order chi connectivity index (χ0) is 27.1. The van der Waals surface area contributed by atoms with Crippen LogP contribution in [0.1, 0.15) is 13.0 Å². The Labute approximate surface area is 221 Å². The standard InChI is InChI=1S/C24H28F2N10O3/c1-2-19(38)34-10-14-7-17(16(14)12-34)30-18(37)9-27-21-20-22(32-24(31-21)33-3-5-39-6-4-33)35(13-28-20)15-8-29-36(11-15)23(25)26/h2,8,11,13-14,16-17,23H,1,3-7,9-10,12H2,(H,30,37)(H,27,31,32). The van der Waals surface area contributed by atoms with Gasteiger partial charge in [-0.1, -0.05) is 6.58 Å². The van der Waals surface area contributed by atoms with Gasteiger partial charge >= 0.3 is 6.55 Å². The molecule has 13 nitrogen and oxygen atoms in total. The van der Waals surface area contributed by atoms with E-state index in [1.807, 2.05) is 4.90 Å². The zero-order valence-electron chi connectivity index (χ0n) is 21.0. The summed E-state index contributed by atoms with van der Waals surface area (Å²) in [5.41, 5.74) is 1.15. The third kappa shape index (κ3) is 4.77. The van der Waals surface area contributed by atoms with Gasteiger partial charge in [0.1, 0.15) is 6.33 Å². The molecule has 39 heavy (non-hydrogen) atoms. The number of rotatable bonds is 8. The minimum atomic E-state index is -2.77. The number of nitrogens with one attached hydrogen (secondary N) is 2. The first kappa shape index (κ1) is 25.2. The number of hydrogen-bond acceptors (Lipinski definition) is 9. The van der Waals surface area contributed by atoms with E-state index in [0.29, 0.717) is 78.6 Å². The number of ether oxygens (including phenoxy) is 1. The maximum atomic E-state index is 13.1. The van der Waals surface area contributed by atoms with Gasteiger partial charge in [-0.2, -0.15) is 23.8 Å². The van der Waals surface area contributed by atoms with Crippen LogP contribution in [-0.4, -0.2) is 98.0 Å². The number of morpholine rings is 1. The fourth-order valence-corrected chi connectivity index (χ4v) is 5.47. The average molecular weight is 543 g/mol. The van der Waals surface area contributed by atoms with Crippen molar-refractivity contribution < 1.29 is 23.1 Å². The maximum Gasteiger partial charge on any atom is 0.333 e. The van der Waals surface area contributed by atoms with Gasteiger partial charge in [-0.3, -0.25) is 14.2 Å². The van der Waals surface area contributed by atoms with E-state index in [9.17, 15) is 18.4 Å². The summed E-state index contributed by atoms with van der Waals surface area (Å²) in [6, 6.07) is 0.00632. The number of halogens is 2. The lowest BCUT2D eigenvalue weighted by atomic mass is 9.71. The molecule has 3 fully saturated rings. The fraction of sp³-hybridized carbons (Fsp3) is 0.500. The third-order valence-electron chi connectivity index (χ3n) is 7.56. The Kier molecular flexibility index (Phi) is 6.58. The summed E-state index contributed by atoms with van der Waals surface area (Å²) in [5, 5.41) is 9.86. The molecule has 3 atom stereocenters. The number of carbonyl (C=O) groups excluding carboxylic acids is 2. The number of alkyl halides is 2. The molecule has 6 rings (SSSR count). The monoisotopic (exact) mass is 542 g/mol. The number of fused-ring (bicyclic) bond motifs is 2. The first-order chi connectivity index (χ1) is 18.9. The summed E-state index contributed by atoms with van der Waals surface area (Å²) in [4.78, 5) is 42.2. The van der Waals surface area contributed by atoms with Gasteiger partial charge in [0.25, 0.3) is 0 Å². The van der Waals surface area contributed by atoms with Crippen molar-refractivity contribution in [3.05, 3.63) is 31.4 Å². The number of nitrogens with zero attached hydrogens (tertiary/aromatic N) is 8. The number of aromatic nitrogens is 6. The largest absolute Gasteiger partial charge is 0.378 e. The Morgan fingerprint density at radius 2 is 2.05 bits per heavy atom. The van der Waals surface area contributed by atoms with Crippen LogP contribution in [0.15, 0.2) is 31.4 Å². The molecule has 2 N–H and O–H groups in total. The molecule has 2 aliphatic heterocycles. The highest BCUT2D eigenvalue weighted by molar-refractivity contribution is 5.89. The molecule has 3 unspecified atom stereocenters. The minimum absolute atomic E-state index is 0.00632. The van der Waals surface area contributed by atoms with Crippen LogP contribution in [0, 0.1) is 11.8 Å². The predicted octanol–water partition coefficient (Wildman–Crippen LogP) is 0.805. The average Bonchev–Trinajstić information content (AvgIpc) is 3.67. The van der Waals surface area contributed by atoms with Crippen molar-refractivity contribution in [3.8, 4) is 5.69 Å². The molecular formula is C24H28F2N10O3. The molecule has 5 heterocycles. The van der Waals surface area contributed by atoms with E-state index in [-0.39, 0.29) is 30.3 Å². The second-order valence-electron chi connectivity index (χ2n) is 9.85. The van der Waals surface area contributed by atoms with Crippen molar-refractivity contribution >= 4 is 34.7 Å². The van der Waals surface area contributed by atoms with Crippen LogP contribution in [0.3, 0.4) is 0 Å². The van der Waals surface area contributed by atoms with Crippen LogP contribution in [0.5, 0.6) is 0 Å². The van der Waals surface area contributed by atoms with Crippen molar-refractivity contribution in [2.45, 2.75) is 19.0 Å². The molecule has 3 aromatic rings. The molecule has 0 spiro atoms. The summed E-state index contributed by atoms with van der Waals surface area (Å²) >= 11 is 0. The molecule has 1 aliphatic carbocycles. The number of imidazole rings is 1. The highest BCUT2D eigenvalue weighted by Crippen LogP contribution is 2.41. The summed E-state index contributed by atoms with van der Waals surface area (Å²) in [7, 11) is 0. The molecule has 206 valence electrons. The molecule has 2 saturated heterocycles. The lowest BCUT2D eigenvalue weighted by molar-refractivity contribution is -0.125. The van der Waals surface area contributed by atoms with E-state index in [0.717, 1.165) is 6.42 Å². The highest BCUT2D eigenvalue weighted by Gasteiger charge is 2.48. The van der Waals surface area contributed by atoms with Crippen molar-refractivity contribution in [2.24, 2.45) is 11.8 Å². The molecule has 15 heteroatoms. The first-order valence-corrected chi connectivity index (χ1v) is 12.8. The lowest BCUT2D eigenvalue weighted by Crippen LogP contribution is -2.53. The summed E-state index contributed by atoms with van der Waals surface area (Å²) in [5.74, 6) is 1.11. The fourth-order valence-electron chi connectivity index (χ4n) is 5.47. The van der Waals surface area contributed by atoms with Crippen LogP contribution >= 0.6 is 0 Å². The molecule has 2 amide bonds. The molecular weight excluding hydrogens is 514 g/mol. The van der Waals surface area contributed by atoms with Gasteiger partial charge in [-0.15, -0.1) is 0 Å². The Morgan fingerprint density at radius 1 is 1.23 bits per heavy atom. The van der Waals surface area contributed by atoms with Gasteiger partial charge in [0.15, 0.2) is 17.0 Å². The van der Waals surface area contributed by atoms with E-state index in [2.05, 4.69) is 37.3 Å². The molecule has 1 saturated carbocycles. The normalized spacial score (nSPS) is 22.6. The highest BCUT2D eigenvalue weighted by atomic mass is 19.3. The Morgan fingerprint density at radius 3 is 2.79 bits per heavy atom. The van der Waals surface area contributed by atoms with Crippen LogP contribution < -0.4 is 15.5 Å². The Bertz CT molecular complexity index is 1400. The molecule has 3 aromatic heterocycles. The van der Waals surface area contributed by atoms with Crippen molar-refractivity contribution in [2.75, 3.05) is 56.2 Å². The Hall–Kier alpha value is -4.14. The molecule has 0 aromatic carbocycles. The zero-order valence-corrected chi connectivity index (χ0v) is 21.0. The number of carbonyl (C=O) groups is 2. The van der Waals surface area contributed by atoms with Crippen molar-refractivity contribution in [1.29, 1.82) is 0 Å². The van der Waals surface area contributed by atoms with Gasteiger partial charge in [0, 0.05) is 38.1 Å². The van der Waals surface area contributed by atoms with E-state index < -0.39 is 6.55 Å². The summed E-state index contributed by atoms with van der Waals surface area (Å²) in [6.07, 6.45) is 6.13. The summed E-state index contributed by atoms with van der Waals surface area (Å²) in [6.45, 7) is 4.24. The number of amides is 2. The van der Waals surface area contributed by atoms with Crippen molar-refractivity contribution in [1.82, 2.24) is 39.5 Å². The van der Waals surface area contributed by atoms with E-state index >= 15 is 0 Å². The Balaban J connectivity index is 1.20. The van der Waals surface area contributed by atoms with Gasteiger partial charge < -0.3 is 25.2 Å². The smallest absolute Gasteiger partial charge is 0.333 e. The van der Waals surface area contributed by atoms with Crippen LogP contribution in [-0.2, 0) is 14.3 Å². The third-order valence-corrected chi connectivity index (χ3v) is 7.56. The number of likely N-dealkylation sites (tertiary alicyclic amines) is 1. The number of anilines is 2. The van der Waals surface area contributed by atoms with Crippen LogP contribution in [0.4, 0.5) is 20.5 Å². The molecule has 0 bridgehead atoms. The van der Waals surface area contributed by atoms with Gasteiger partial charge in [-0.25, -0.2) is 9.67 Å². The van der Waals surface area contributed by atoms with Crippen molar-refractivity contribution in [3.63, 3.8) is 0 Å².